The molecule has 0 unspecified atom stereocenters. The number of ether oxygens (including phenoxy) is 1. The van der Waals surface area contributed by atoms with Gasteiger partial charge in [-0.2, -0.15) is 0 Å². The minimum Gasteiger partial charge on any atom is -0.462 e. The second-order valence-electron chi connectivity index (χ2n) is 4.17. The molecule has 14 heavy (non-hydrogen) atoms. The van der Waals surface area contributed by atoms with Gasteiger partial charge in [-0.15, -0.1) is 12.4 Å². The number of hydrogen-bond acceptors (Lipinski definition) is 3. The van der Waals surface area contributed by atoms with Crippen molar-refractivity contribution < 1.29 is 9.53 Å². The summed E-state index contributed by atoms with van der Waals surface area (Å²) in [5, 5.41) is 0. The topological polar surface area (TPSA) is 52.3 Å². The van der Waals surface area contributed by atoms with Crippen LogP contribution < -0.4 is 5.73 Å². The molecule has 1 fully saturated rings. The van der Waals surface area contributed by atoms with Crippen LogP contribution in [0.4, 0.5) is 0 Å². The highest BCUT2D eigenvalue weighted by molar-refractivity contribution is 5.85. The van der Waals surface area contributed by atoms with Crippen molar-refractivity contribution in [3.63, 3.8) is 0 Å². The Morgan fingerprint density at radius 3 is 2.21 bits per heavy atom. The molecule has 1 rings (SSSR count). The molecule has 3 nitrogen and oxygen atoms in total. The summed E-state index contributed by atoms with van der Waals surface area (Å²) in [4.78, 5) is 11.6. The number of rotatable bonds is 2. The quantitative estimate of drug-likeness (QED) is 0.726. The molecule has 0 aliphatic heterocycles. The predicted molar refractivity (Wildman–Crippen MR) is 58.5 cm³/mol. The first-order chi connectivity index (χ1) is 6.04. The molecule has 0 atom stereocenters. The number of esters is 1. The first-order valence-corrected chi connectivity index (χ1v) is 5.04. The molecule has 0 amide bonds. The highest BCUT2D eigenvalue weighted by Crippen LogP contribution is 2.27. The molecule has 0 spiro atoms. The fourth-order valence-corrected chi connectivity index (χ4v) is 1.72. The van der Waals surface area contributed by atoms with Gasteiger partial charge in [0.05, 0.1) is 6.10 Å². The van der Waals surface area contributed by atoms with Gasteiger partial charge in [-0.3, -0.25) is 4.79 Å². The van der Waals surface area contributed by atoms with Crippen molar-refractivity contribution in [1.82, 2.24) is 0 Å². The number of carbonyl (C=O) groups is 1. The van der Waals surface area contributed by atoms with Crippen LogP contribution in [0.25, 0.3) is 0 Å². The average molecular weight is 222 g/mol. The second kappa shape index (κ2) is 5.56. The van der Waals surface area contributed by atoms with E-state index in [0.717, 1.165) is 25.7 Å². The van der Waals surface area contributed by atoms with Gasteiger partial charge in [0, 0.05) is 0 Å². The lowest BCUT2D eigenvalue weighted by atomic mass is 9.83. The summed E-state index contributed by atoms with van der Waals surface area (Å²) in [5.74, 6) is -0.220. The van der Waals surface area contributed by atoms with Crippen molar-refractivity contribution in [2.45, 2.75) is 57.6 Å². The molecule has 1 aliphatic carbocycles. The fraction of sp³-hybridized carbons (Fsp3) is 0.900. The predicted octanol–water partition coefficient (Wildman–Crippen LogP) is 2.02. The minimum absolute atomic E-state index is 0. The van der Waals surface area contributed by atoms with Gasteiger partial charge in [-0.1, -0.05) is 19.3 Å². The van der Waals surface area contributed by atoms with Crippen molar-refractivity contribution in [2.75, 3.05) is 0 Å². The highest BCUT2D eigenvalue weighted by Gasteiger charge is 2.37. The Balaban J connectivity index is 0.00000169. The summed E-state index contributed by atoms with van der Waals surface area (Å²) in [5.41, 5.74) is 5.28. The maximum absolute atomic E-state index is 11.6. The Bertz CT molecular complexity index is 189. The van der Waals surface area contributed by atoms with E-state index in [2.05, 4.69) is 0 Å². The lowest BCUT2D eigenvalue weighted by Gasteiger charge is -2.31. The molecule has 84 valence electrons. The lowest BCUT2D eigenvalue weighted by molar-refractivity contribution is -0.155. The van der Waals surface area contributed by atoms with Crippen molar-refractivity contribution >= 4 is 18.4 Å². The van der Waals surface area contributed by atoms with E-state index in [9.17, 15) is 4.79 Å². The van der Waals surface area contributed by atoms with Gasteiger partial charge in [-0.25, -0.2) is 0 Å². The minimum atomic E-state index is -0.692. The van der Waals surface area contributed by atoms with Crippen LogP contribution >= 0.6 is 12.4 Å². The summed E-state index contributed by atoms with van der Waals surface area (Å²) >= 11 is 0. The first kappa shape index (κ1) is 13.7. The SMILES string of the molecule is CC(C)OC(=O)C1(N)CCCCC1.Cl. The van der Waals surface area contributed by atoms with Crippen LogP contribution in [0.1, 0.15) is 46.0 Å². The van der Waals surface area contributed by atoms with Gasteiger partial charge in [0.2, 0.25) is 0 Å². The Morgan fingerprint density at radius 1 is 1.29 bits per heavy atom. The van der Waals surface area contributed by atoms with Crippen molar-refractivity contribution in [3.8, 4) is 0 Å². The molecule has 0 aromatic carbocycles. The molecule has 0 radical (unpaired) electrons. The van der Waals surface area contributed by atoms with Crippen LogP contribution in [0, 0.1) is 0 Å². The van der Waals surface area contributed by atoms with Crippen molar-refractivity contribution in [2.24, 2.45) is 5.73 Å². The molecule has 0 heterocycles. The molecule has 1 aliphatic rings. The maximum atomic E-state index is 11.6. The van der Waals surface area contributed by atoms with Crippen molar-refractivity contribution in [1.29, 1.82) is 0 Å². The Kier molecular flexibility index (Phi) is 5.45. The summed E-state index contributed by atoms with van der Waals surface area (Å²) in [7, 11) is 0. The van der Waals surface area contributed by atoms with Crippen molar-refractivity contribution in [3.05, 3.63) is 0 Å². The normalized spacial score (nSPS) is 20.0. The van der Waals surface area contributed by atoms with E-state index in [-0.39, 0.29) is 24.5 Å². The zero-order chi connectivity index (χ0) is 9.90. The molecule has 4 heteroatoms. The molecule has 0 saturated heterocycles. The fourth-order valence-electron chi connectivity index (χ4n) is 1.72. The van der Waals surface area contributed by atoms with E-state index < -0.39 is 5.54 Å². The van der Waals surface area contributed by atoms with Gasteiger partial charge in [0.25, 0.3) is 0 Å². The van der Waals surface area contributed by atoms with E-state index in [1.54, 1.807) is 0 Å². The molecule has 0 bridgehead atoms. The Hall–Kier alpha value is -0.280. The van der Waals surface area contributed by atoms with Gasteiger partial charge in [0.15, 0.2) is 0 Å². The van der Waals surface area contributed by atoms with Crippen LogP contribution in [0.2, 0.25) is 0 Å². The van der Waals surface area contributed by atoms with Crippen LogP contribution in [-0.2, 0) is 9.53 Å². The summed E-state index contributed by atoms with van der Waals surface area (Å²) in [6.45, 7) is 3.70. The highest BCUT2D eigenvalue weighted by atomic mass is 35.5. The molecular weight excluding hydrogens is 202 g/mol. The van der Waals surface area contributed by atoms with Gasteiger partial charge in [-0.05, 0) is 26.7 Å². The van der Waals surface area contributed by atoms with Gasteiger partial charge < -0.3 is 10.5 Å². The molecule has 0 aromatic rings. The number of carbonyl (C=O) groups excluding carboxylic acids is 1. The maximum Gasteiger partial charge on any atom is 0.326 e. The van der Waals surface area contributed by atoms with E-state index in [4.69, 9.17) is 10.5 Å². The molecule has 2 N–H and O–H groups in total. The molecular formula is C10H20ClNO2. The molecule has 0 aromatic heterocycles. The third-order valence-corrected chi connectivity index (χ3v) is 2.50. The zero-order valence-corrected chi connectivity index (χ0v) is 9.73. The average Bonchev–Trinajstić information content (AvgIpc) is 2.04. The van der Waals surface area contributed by atoms with Crippen LogP contribution in [0.5, 0.6) is 0 Å². The summed E-state index contributed by atoms with van der Waals surface area (Å²) in [6.07, 6.45) is 4.77. The van der Waals surface area contributed by atoms with Gasteiger partial charge >= 0.3 is 5.97 Å². The van der Waals surface area contributed by atoms with E-state index in [0.29, 0.717) is 0 Å². The third-order valence-electron chi connectivity index (χ3n) is 2.50. The summed E-state index contributed by atoms with van der Waals surface area (Å²) in [6, 6.07) is 0. The van der Waals surface area contributed by atoms with E-state index >= 15 is 0 Å². The smallest absolute Gasteiger partial charge is 0.326 e. The number of nitrogens with two attached hydrogens (primary N) is 1. The number of halogens is 1. The number of hydrogen-bond donors (Lipinski definition) is 1. The Labute approximate surface area is 91.8 Å². The molecule has 1 saturated carbocycles. The largest absolute Gasteiger partial charge is 0.462 e. The van der Waals surface area contributed by atoms with E-state index in [1.165, 1.54) is 6.42 Å². The van der Waals surface area contributed by atoms with Crippen LogP contribution in [0.15, 0.2) is 0 Å². The zero-order valence-electron chi connectivity index (χ0n) is 8.91. The van der Waals surface area contributed by atoms with E-state index in [1.807, 2.05) is 13.8 Å². The van der Waals surface area contributed by atoms with Gasteiger partial charge in [0.1, 0.15) is 5.54 Å². The van der Waals surface area contributed by atoms with Crippen LogP contribution in [-0.4, -0.2) is 17.6 Å². The first-order valence-electron chi connectivity index (χ1n) is 5.04. The third kappa shape index (κ3) is 3.46. The Morgan fingerprint density at radius 2 is 1.79 bits per heavy atom. The van der Waals surface area contributed by atoms with Crippen LogP contribution in [0.3, 0.4) is 0 Å². The second-order valence-corrected chi connectivity index (χ2v) is 4.17. The monoisotopic (exact) mass is 221 g/mol. The summed E-state index contributed by atoms with van der Waals surface area (Å²) < 4.78 is 5.13. The lowest BCUT2D eigenvalue weighted by Crippen LogP contribution is -2.50. The standard InChI is InChI=1S/C10H19NO2.ClH/c1-8(2)13-9(12)10(11)6-4-3-5-7-10;/h8H,3-7,11H2,1-2H3;1H.